The molecule has 1 amide bonds. The van der Waals surface area contributed by atoms with Gasteiger partial charge in [-0.2, -0.15) is 0 Å². The Bertz CT molecular complexity index is 623. The number of ether oxygens (including phenoxy) is 3. The van der Waals surface area contributed by atoms with Gasteiger partial charge in [-0.3, -0.25) is 4.79 Å². The van der Waals surface area contributed by atoms with Crippen molar-refractivity contribution in [3.8, 4) is 11.5 Å². The molecule has 0 bridgehead atoms. The van der Waals surface area contributed by atoms with Gasteiger partial charge in [-0.25, -0.2) is 4.79 Å². The fraction of sp³-hybridized carbons (Fsp3) is 0.600. The zero-order valence-electron chi connectivity index (χ0n) is 15.9. The molecule has 6 nitrogen and oxygen atoms in total. The predicted octanol–water partition coefficient (Wildman–Crippen LogP) is 3.02. The van der Waals surface area contributed by atoms with E-state index >= 15 is 0 Å². The highest BCUT2D eigenvalue weighted by Gasteiger charge is 2.42. The second kappa shape index (κ2) is 9.46. The number of esters is 1. The maximum atomic E-state index is 12.6. The second-order valence-electron chi connectivity index (χ2n) is 6.59. The van der Waals surface area contributed by atoms with E-state index in [1.54, 1.807) is 21.1 Å². The zero-order valence-corrected chi connectivity index (χ0v) is 15.9. The SMILES string of the molecule is CCOC(=O)C1(NC(=O)CCc2cc(OC)ccc2OC)CCCCC1. The lowest BCUT2D eigenvalue weighted by Gasteiger charge is -2.35. The summed E-state index contributed by atoms with van der Waals surface area (Å²) in [6, 6.07) is 5.52. The highest BCUT2D eigenvalue weighted by atomic mass is 16.5. The Morgan fingerprint density at radius 3 is 2.46 bits per heavy atom. The summed E-state index contributed by atoms with van der Waals surface area (Å²) in [7, 11) is 3.20. The maximum Gasteiger partial charge on any atom is 0.331 e. The number of benzene rings is 1. The monoisotopic (exact) mass is 363 g/mol. The summed E-state index contributed by atoms with van der Waals surface area (Å²) in [4.78, 5) is 25.0. The Morgan fingerprint density at radius 1 is 1.12 bits per heavy atom. The van der Waals surface area contributed by atoms with E-state index in [0.29, 0.717) is 25.9 Å². The lowest BCUT2D eigenvalue weighted by Crippen LogP contribution is -2.56. The largest absolute Gasteiger partial charge is 0.497 e. The summed E-state index contributed by atoms with van der Waals surface area (Å²) in [5.74, 6) is 0.977. The van der Waals surface area contributed by atoms with Gasteiger partial charge in [0.05, 0.1) is 20.8 Å². The third kappa shape index (κ3) is 4.90. The fourth-order valence-corrected chi connectivity index (χ4v) is 3.46. The molecular formula is C20H29NO5. The van der Waals surface area contributed by atoms with Gasteiger partial charge in [0.25, 0.3) is 0 Å². The molecule has 0 unspecified atom stereocenters. The highest BCUT2D eigenvalue weighted by molar-refractivity contribution is 5.88. The molecule has 6 heteroatoms. The Labute approximate surface area is 155 Å². The molecule has 0 aliphatic heterocycles. The Balaban J connectivity index is 2.03. The summed E-state index contributed by atoms with van der Waals surface area (Å²) in [5, 5.41) is 2.97. The van der Waals surface area contributed by atoms with E-state index in [4.69, 9.17) is 14.2 Å². The van der Waals surface area contributed by atoms with Crippen LogP contribution in [-0.2, 0) is 20.7 Å². The maximum absolute atomic E-state index is 12.6. The molecule has 1 aromatic rings. The quantitative estimate of drug-likeness (QED) is 0.719. The number of carbonyl (C=O) groups excluding carboxylic acids is 2. The van der Waals surface area contributed by atoms with Crippen LogP contribution in [0.1, 0.15) is 51.0 Å². The molecule has 1 N–H and O–H groups in total. The first-order valence-electron chi connectivity index (χ1n) is 9.24. The number of hydrogen-bond acceptors (Lipinski definition) is 5. The fourth-order valence-electron chi connectivity index (χ4n) is 3.46. The van der Waals surface area contributed by atoms with Crippen molar-refractivity contribution in [2.75, 3.05) is 20.8 Å². The van der Waals surface area contributed by atoms with E-state index in [1.165, 1.54) is 0 Å². The smallest absolute Gasteiger partial charge is 0.331 e. The Morgan fingerprint density at radius 2 is 1.85 bits per heavy atom. The summed E-state index contributed by atoms with van der Waals surface area (Å²) >= 11 is 0. The number of rotatable bonds is 8. The van der Waals surface area contributed by atoms with Crippen molar-refractivity contribution in [3.05, 3.63) is 23.8 Å². The first-order chi connectivity index (χ1) is 12.5. The highest BCUT2D eigenvalue weighted by Crippen LogP contribution is 2.30. The minimum absolute atomic E-state index is 0.148. The first kappa shape index (κ1) is 20.1. The van der Waals surface area contributed by atoms with Crippen molar-refractivity contribution in [2.24, 2.45) is 0 Å². The van der Waals surface area contributed by atoms with Gasteiger partial charge in [-0.1, -0.05) is 19.3 Å². The van der Waals surface area contributed by atoms with Gasteiger partial charge in [-0.15, -0.1) is 0 Å². The molecule has 0 radical (unpaired) electrons. The standard InChI is InChI=1S/C20H29NO5/c1-4-26-19(23)20(12-6-5-7-13-20)21-18(22)11-8-15-14-16(24-2)9-10-17(15)25-3/h9-10,14H,4-8,11-13H2,1-3H3,(H,21,22). The Hall–Kier alpha value is -2.24. The van der Waals surface area contributed by atoms with Crippen LogP contribution in [0.2, 0.25) is 0 Å². The average molecular weight is 363 g/mol. The van der Waals surface area contributed by atoms with Crippen LogP contribution in [0, 0.1) is 0 Å². The normalized spacial score (nSPS) is 15.8. The van der Waals surface area contributed by atoms with Gasteiger partial charge in [-0.05, 0) is 49.9 Å². The average Bonchev–Trinajstić information content (AvgIpc) is 2.67. The van der Waals surface area contributed by atoms with Gasteiger partial charge in [0.2, 0.25) is 5.91 Å². The molecule has 1 saturated carbocycles. The minimum Gasteiger partial charge on any atom is -0.497 e. The summed E-state index contributed by atoms with van der Waals surface area (Å²) in [6.45, 7) is 2.10. The lowest BCUT2D eigenvalue weighted by molar-refractivity contribution is -0.155. The second-order valence-corrected chi connectivity index (χ2v) is 6.59. The molecule has 0 heterocycles. The molecule has 1 fully saturated rings. The van der Waals surface area contributed by atoms with E-state index in [0.717, 1.165) is 36.3 Å². The van der Waals surface area contributed by atoms with Crippen molar-refractivity contribution in [1.29, 1.82) is 0 Å². The van der Waals surface area contributed by atoms with Gasteiger partial charge in [0, 0.05) is 6.42 Å². The number of nitrogens with one attached hydrogen (secondary N) is 1. The molecule has 0 saturated heterocycles. The first-order valence-corrected chi connectivity index (χ1v) is 9.24. The molecule has 0 atom stereocenters. The number of carbonyl (C=O) groups is 2. The van der Waals surface area contributed by atoms with Gasteiger partial charge in [0.15, 0.2) is 0 Å². The van der Waals surface area contributed by atoms with Gasteiger partial charge >= 0.3 is 5.97 Å². The van der Waals surface area contributed by atoms with Crippen LogP contribution < -0.4 is 14.8 Å². The van der Waals surface area contributed by atoms with Crippen molar-refractivity contribution in [3.63, 3.8) is 0 Å². The Kier molecular flexibility index (Phi) is 7.30. The van der Waals surface area contributed by atoms with Crippen molar-refractivity contribution >= 4 is 11.9 Å². The predicted molar refractivity (Wildman–Crippen MR) is 98.5 cm³/mol. The van der Waals surface area contributed by atoms with Gasteiger partial charge in [0.1, 0.15) is 17.0 Å². The van der Waals surface area contributed by atoms with Crippen LogP contribution in [0.25, 0.3) is 0 Å². The van der Waals surface area contributed by atoms with Crippen LogP contribution in [0.15, 0.2) is 18.2 Å². The third-order valence-electron chi connectivity index (χ3n) is 4.86. The summed E-state index contributed by atoms with van der Waals surface area (Å²) in [6.07, 6.45) is 4.97. The topological polar surface area (TPSA) is 73.9 Å². The molecule has 1 aliphatic rings. The molecule has 0 aromatic heterocycles. The number of amides is 1. The molecule has 2 rings (SSSR count). The van der Waals surface area contributed by atoms with Gasteiger partial charge < -0.3 is 19.5 Å². The van der Waals surface area contributed by atoms with Crippen LogP contribution in [0.3, 0.4) is 0 Å². The van der Waals surface area contributed by atoms with Crippen molar-refractivity contribution in [2.45, 2.75) is 57.4 Å². The van der Waals surface area contributed by atoms with Crippen molar-refractivity contribution in [1.82, 2.24) is 5.32 Å². The lowest BCUT2D eigenvalue weighted by atomic mass is 9.81. The molecule has 1 aromatic carbocycles. The van der Waals surface area contributed by atoms with E-state index in [1.807, 2.05) is 18.2 Å². The number of methoxy groups -OCH3 is 2. The van der Waals surface area contributed by atoms with E-state index in [-0.39, 0.29) is 18.3 Å². The molecule has 144 valence electrons. The molecular weight excluding hydrogens is 334 g/mol. The molecule has 26 heavy (non-hydrogen) atoms. The minimum atomic E-state index is -0.871. The number of hydrogen-bond donors (Lipinski definition) is 1. The summed E-state index contributed by atoms with van der Waals surface area (Å²) in [5.41, 5.74) is 0.0277. The third-order valence-corrected chi connectivity index (χ3v) is 4.86. The van der Waals surface area contributed by atoms with E-state index in [2.05, 4.69) is 5.32 Å². The van der Waals surface area contributed by atoms with Crippen LogP contribution in [-0.4, -0.2) is 38.2 Å². The van der Waals surface area contributed by atoms with E-state index < -0.39 is 5.54 Å². The van der Waals surface area contributed by atoms with Crippen molar-refractivity contribution < 1.29 is 23.8 Å². The molecule has 1 aliphatic carbocycles. The van der Waals surface area contributed by atoms with Crippen LogP contribution in [0.5, 0.6) is 11.5 Å². The number of aryl methyl sites for hydroxylation is 1. The summed E-state index contributed by atoms with van der Waals surface area (Å²) < 4.78 is 15.8. The van der Waals surface area contributed by atoms with E-state index in [9.17, 15) is 9.59 Å². The molecule has 0 spiro atoms. The van der Waals surface area contributed by atoms with Crippen LogP contribution in [0.4, 0.5) is 0 Å². The van der Waals surface area contributed by atoms with Crippen LogP contribution >= 0.6 is 0 Å². The zero-order chi connectivity index (χ0) is 19.0.